The minimum Gasteiger partial charge on any atom is -0.354 e. The van der Waals surface area contributed by atoms with Crippen molar-refractivity contribution in [3.05, 3.63) is 71.5 Å². The predicted octanol–water partition coefficient (Wildman–Crippen LogP) is 3.81. The molecule has 1 aromatic heterocycles. The molecule has 2 aromatic carbocycles. The van der Waals surface area contributed by atoms with Gasteiger partial charge in [0.25, 0.3) is 0 Å². The predicted molar refractivity (Wildman–Crippen MR) is 101 cm³/mol. The molecule has 1 amide bonds. The van der Waals surface area contributed by atoms with Crippen LogP contribution < -0.4 is 5.32 Å². The lowest BCUT2D eigenvalue weighted by molar-refractivity contribution is -0.137. The third kappa shape index (κ3) is 4.01. The summed E-state index contributed by atoms with van der Waals surface area (Å²) in [5.41, 5.74) is 0.658. The molecule has 0 aliphatic carbocycles. The van der Waals surface area contributed by atoms with E-state index < -0.39 is 17.8 Å². The lowest BCUT2D eigenvalue weighted by Crippen LogP contribution is -2.32. The Morgan fingerprint density at radius 2 is 1.90 bits per heavy atom. The molecule has 3 aromatic rings. The number of aromatic nitrogens is 3. The molecule has 0 radical (unpaired) electrons. The summed E-state index contributed by atoms with van der Waals surface area (Å²) < 4.78 is 40.8. The Bertz CT molecular complexity index is 1010. The van der Waals surface area contributed by atoms with Gasteiger partial charge in [-0.3, -0.25) is 9.36 Å². The number of aryl methyl sites for hydroxylation is 1. The van der Waals surface area contributed by atoms with Crippen molar-refractivity contribution >= 4 is 5.91 Å². The van der Waals surface area contributed by atoms with E-state index in [4.69, 9.17) is 0 Å². The first-order chi connectivity index (χ1) is 13.9. The van der Waals surface area contributed by atoms with Crippen molar-refractivity contribution in [2.45, 2.75) is 31.5 Å². The molecule has 8 heteroatoms. The number of nitrogens with one attached hydrogen (secondary N) is 1. The van der Waals surface area contributed by atoms with Crippen LogP contribution in [0.15, 0.2) is 54.6 Å². The van der Waals surface area contributed by atoms with E-state index in [9.17, 15) is 18.0 Å². The van der Waals surface area contributed by atoms with E-state index >= 15 is 0 Å². The van der Waals surface area contributed by atoms with Crippen LogP contribution in [-0.4, -0.2) is 27.2 Å². The Hall–Kier alpha value is -3.16. The Balaban J connectivity index is 1.52. The highest BCUT2D eigenvalue weighted by molar-refractivity contribution is 5.81. The first-order valence-corrected chi connectivity index (χ1v) is 9.36. The van der Waals surface area contributed by atoms with Gasteiger partial charge in [0.05, 0.1) is 5.56 Å². The Morgan fingerprint density at radius 3 is 2.66 bits per heavy atom. The Kier molecular flexibility index (Phi) is 5.08. The van der Waals surface area contributed by atoms with E-state index in [1.54, 1.807) is 10.6 Å². The number of rotatable bonds is 5. The minimum atomic E-state index is -4.45. The van der Waals surface area contributed by atoms with Gasteiger partial charge >= 0.3 is 6.18 Å². The molecule has 0 saturated carbocycles. The van der Waals surface area contributed by atoms with Crippen LogP contribution in [0.2, 0.25) is 0 Å². The van der Waals surface area contributed by atoms with Gasteiger partial charge in [0.2, 0.25) is 5.91 Å². The van der Waals surface area contributed by atoms with Gasteiger partial charge in [-0.15, -0.1) is 10.2 Å². The van der Waals surface area contributed by atoms with Crippen molar-refractivity contribution in [1.29, 1.82) is 0 Å². The molecule has 1 aliphatic rings. The van der Waals surface area contributed by atoms with E-state index in [-0.39, 0.29) is 11.7 Å². The second-order valence-electron chi connectivity index (χ2n) is 6.97. The quantitative estimate of drug-likeness (QED) is 0.709. The van der Waals surface area contributed by atoms with Gasteiger partial charge < -0.3 is 5.32 Å². The molecule has 0 fully saturated rings. The van der Waals surface area contributed by atoms with Crippen LogP contribution in [0.1, 0.15) is 29.4 Å². The van der Waals surface area contributed by atoms with Gasteiger partial charge in [-0.05, 0) is 30.5 Å². The number of carbonyl (C=O) groups is 1. The van der Waals surface area contributed by atoms with Crippen molar-refractivity contribution in [2.75, 3.05) is 6.54 Å². The SMILES string of the molecule is O=C(NCCc1ccccc1)C1CCc2nnc(-c3cccc(C(F)(F)F)c3)n21. The van der Waals surface area contributed by atoms with Gasteiger partial charge in [0.15, 0.2) is 5.82 Å². The maximum atomic E-state index is 13.1. The zero-order valence-electron chi connectivity index (χ0n) is 15.5. The molecule has 0 saturated heterocycles. The third-order valence-electron chi connectivity index (χ3n) is 5.03. The average molecular weight is 400 g/mol. The van der Waals surface area contributed by atoms with Crippen LogP contribution in [0.5, 0.6) is 0 Å². The Labute approximate surface area is 165 Å². The summed E-state index contributed by atoms with van der Waals surface area (Å²) in [5, 5.41) is 11.1. The number of benzene rings is 2. The van der Waals surface area contributed by atoms with Crippen molar-refractivity contribution in [2.24, 2.45) is 0 Å². The highest BCUT2D eigenvalue weighted by Gasteiger charge is 2.34. The first kappa shape index (κ1) is 19.2. The number of hydrogen-bond donors (Lipinski definition) is 1. The van der Waals surface area contributed by atoms with Gasteiger partial charge in [0, 0.05) is 18.5 Å². The van der Waals surface area contributed by atoms with Crippen molar-refractivity contribution < 1.29 is 18.0 Å². The van der Waals surface area contributed by atoms with Crippen LogP contribution in [0.25, 0.3) is 11.4 Å². The molecule has 4 rings (SSSR count). The summed E-state index contributed by atoms with van der Waals surface area (Å²) in [6.07, 6.45) is -2.64. The molecular weight excluding hydrogens is 381 g/mol. The fourth-order valence-electron chi connectivity index (χ4n) is 3.59. The number of nitrogens with zero attached hydrogens (tertiary/aromatic N) is 3. The van der Waals surface area contributed by atoms with Crippen LogP contribution in [0.4, 0.5) is 13.2 Å². The molecule has 2 heterocycles. The molecule has 5 nitrogen and oxygen atoms in total. The largest absolute Gasteiger partial charge is 0.416 e. The zero-order chi connectivity index (χ0) is 20.4. The topological polar surface area (TPSA) is 59.8 Å². The second kappa shape index (κ2) is 7.69. The maximum Gasteiger partial charge on any atom is 0.416 e. The number of alkyl halides is 3. The fraction of sp³-hybridized carbons (Fsp3) is 0.286. The van der Waals surface area contributed by atoms with Crippen molar-refractivity contribution in [3.8, 4) is 11.4 Å². The normalized spacial score (nSPS) is 15.9. The molecule has 1 N–H and O–H groups in total. The molecule has 150 valence electrons. The molecule has 1 atom stereocenters. The monoisotopic (exact) mass is 400 g/mol. The van der Waals surface area contributed by atoms with Crippen molar-refractivity contribution in [3.63, 3.8) is 0 Å². The standard InChI is InChI=1S/C21H19F3N4O/c22-21(23,24)16-8-4-7-15(13-16)19-27-26-18-10-9-17(28(18)19)20(29)25-12-11-14-5-2-1-3-6-14/h1-8,13,17H,9-12H2,(H,25,29). The maximum absolute atomic E-state index is 13.1. The van der Waals surface area contributed by atoms with Crippen LogP contribution in [-0.2, 0) is 23.8 Å². The summed E-state index contributed by atoms with van der Waals surface area (Å²) in [7, 11) is 0. The average Bonchev–Trinajstić information content (AvgIpc) is 3.30. The molecule has 1 aliphatic heterocycles. The van der Waals surface area contributed by atoms with Gasteiger partial charge in [-0.2, -0.15) is 13.2 Å². The molecule has 0 spiro atoms. The lowest BCUT2D eigenvalue weighted by Gasteiger charge is -2.16. The van der Waals surface area contributed by atoms with E-state index in [0.717, 1.165) is 17.7 Å². The first-order valence-electron chi connectivity index (χ1n) is 9.36. The Morgan fingerprint density at radius 1 is 1.10 bits per heavy atom. The number of hydrogen-bond acceptors (Lipinski definition) is 3. The second-order valence-corrected chi connectivity index (χ2v) is 6.97. The number of halogens is 3. The van der Waals surface area contributed by atoms with E-state index in [1.165, 1.54) is 6.07 Å². The highest BCUT2D eigenvalue weighted by Crippen LogP contribution is 2.35. The zero-order valence-corrected chi connectivity index (χ0v) is 15.5. The lowest BCUT2D eigenvalue weighted by atomic mass is 10.1. The highest BCUT2D eigenvalue weighted by atomic mass is 19.4. The van der Waals surface area contributed by atoms with Gasteiger partial charge in [0.1, 0.15) is 11.9 Å². The van der Waals surface area contributed by atoms with E-state index in [2.05, 4.69) is 15.5 Å². The van der Waals surface area contributed by atoms with Crippen LogP contribution in [0, 0.1) is 0 Å². The summed E-state index contributed by atoms with van der Waals surface area (Å²) in [6.45, 7) is 0.482. The summed E-state index contributed by atoms with van der Waals surface area (Å²) in [4.78, 5) is 12.7. The number of fused-ring (bicyclic) bond motifs is 1. The van der Waals surface area contributed by atoms with Crippen LogP contribution in [0.3, 0.4) is 0 Å². The van der Waals surface area contributed by atoms with Crippen molar-refractivity contribution in [1.82, 2.24) is 20.1 Å². The number of carbonyl (C=O) groups excluding carboxylic acids is 1. The fourth-order valence-corrected chi connectivity index (χ4v) is 3.59. The smallest absolute Gasteiger partial charge is 0.354 e. The summed E-state index contributed by atoms with van der Waals surface area (Å²) in [5.74, 6) is 0.722. The van der Waals surface area contributed by atoms with E-state index in [1.807, 2.05) is 30.3 Å². The third-order valence-corrected chi connectivity index (χ3v) is 5.03. The molecule has 1 unspecified atom stereocenters. The minimum absolute atomic E-state index is 0.173. The number of amides is 1. The molecular formula is C21H19F3N4O. The molecule has 29 heavy (non-hydrogen) atoms. The summed E-state index contributed by atoms with van der Waals surface area (Å²) >= 11 is 0. The van der Waals surface area contributed by atoms with Gasteiger partial charge in [-0.25, -0.2) is 0 Å². The van der Waals surface area contributed by atoms with Crippen LogP contribution >= 0.6 is 0 Å². The van der Waals surface area contributed by atoms with E-state index in [0.29, 0.717) is 37.2 Å². The van der Waals surface area contributed by atoms with Gasteiger partial charge in [-0.1, -0.05) is 42.5 Å². The molecule has 0 bridgehead atoms. The summed E-state index contributed by atoms with van der Waals surface area (Å²) in [6, 6.07) is 14.2.